The third-order valence-electron chi connectivity index (χ3n) is 6.70. The van der Waals surface area contributed by atoms with E-state index in [2.05, 4.69) is 18.8 Å². The molecule has 186 valence electrons. The molecular weight excluding hydrogens is 448 g/mol. The van der Waals surface area contributed by atoms with Crippen molar-refractivity contribution in [1.29, 1.82) is 0 Å². The summed E-state index contributed by atoms with van der Waals surface area (Å²) < 4.78 is 0. The van der Waals surface area contributed by atoms with Gasteiger partial charge in [0.05, 0.1) is 10.6 Å². The van der Waals surface area contributed by atoms with E-state index >= 15 is 0 Å². The van der Waals surface area contributed by atoms with E-state index in [0.29, 0.717) is 16.5 Å². The molecule has 0 aromatic carbocycles. The average molecular weight is 487 g/mol. The van der Waals surface area contributed by atoms with Crippen molar-refractivity contribution >= 4 is 34.8 Å². The van der Waals surface area contributed by atoms with Gasteiger partial charge in [0.15, 0.2) is 0 Å². The Morgan fingerprint density at radius 3 is 2.35 bits per heavy atom. The van der Waals surface area contributed by atoms with E-state index in [0.717, 1.165) is 63.0 Å². The molecule has 1 aromatic heterocycles. The van der Waals surface area contributed by atoms with Gasteiger partial charge in [0, 0.05) is 36.9 Å². The number of carboxylic acids is 1. The first-order valence-corrected chi connectivity index (χ1v) is 13.3. The van der Waals surface area contributed by atoms with Crippen molar-refractivity contribution in [3.05, 3.63) is 15.8 Å². The molecule has 1 atom stereocenters. The number of hydrogen-bond donors (Lipinski definition) is 1. The average Bonchev–Trinajstić information content (AvgIpc) is 3.43. The largest absolute Gasteiger partial charge is 0.477 e. The zero-order valence-electron chi connectivity index (χ0n) is 21.1. The maximum atomic E-state index is 13.8. The number of amides is 2. The number of rotatable bonds is 6. The van der Waals surface area contributed by atoms with E-state index < -0.39 is 12.0 Å². The van der Waals surface area contributed by atoms with E-state index in [-0.39, 0.29) is 34.4 Å². The Morgan fingerprint density at radius 2 is 1.79 bits per heavy atom. The summed E-state index contributed by atoms with van der Waals surface area (Å²) in [7, 11) is 0. The summed E-state index contributed by atoms with van der Waals surface area (Å²) in [4.78, 5) is 43.1. The number of nitrogens with zero attached hydrogens (tertiary/aromatic N) is 2. The molecule has 0 spiro atoms. The topological polar surface area (TPSA) is 77.9 Å². The van der Waals surface area contributed by atoms with Gasteiger partial charge in [-0.05, 0) is 78.2 Å². The van der Waals surface area contributed by atoms with Gasteiger partial charge in [-0.1, -0.05) is 18.8 Å². The van der Waals surface area contributed by atoms with Crippen molar-refractivity contribution in [2.45, 2.75) is 85.6 Å². The summed E-state index contributed by atoms with van der Waals surface area (Å²) in [5.74, 6) is 5.59. The minimum absolute atomic E-state index is 0.0277. The molecule has 1 aliphatic carbocycles. The highest BCUT2D eigenvalue weighted by molar-refractivity contribution is 7.15. The Balaban J connectivity index is 1.97. The van der Waals surface area contributed by atoms with E-state index in [4.69, 9.17) is 0 Å². The molecule has 0 unspecified atom stereocenters. The van der Waals surface area contributed by atoms with Gasteiger partial charge >= 0.3 is 5.97 Å². The second-order valence-corrected chi connectivity index (χ2v) is 12.0. The minimum Gasteiger partial charge on any atom is -0.477 e. The normalized spacial score (nSPS) is 21.5. The molecule has 7 heteroatoms. The van der Waals surface area contributed by atoms with Crippen molar-refractivity contribution < 1.29 is 19.5 Å². The standard InChI is InChI=1S/C27H38N2O4S/c1-18-8-10-20(11-9-18)25(31)29(19(2)16-23(30)28-14-6-7-15-28)22-17-21(12-13-27(3,4)5)34-24(22)26(32)33/h17-20H,6-11,14-16H2,1-5H3,(H,32,33)/t18-,19-,20-/m0/s1. The second-order valence-electron chi connectivity index (χ2n) is 10.9. The lowest BCUT2D eigenvalue weighted by molar-refractivity contribution is -0.130. The quantitative estimate of drug-likeness (QED) is 0.546. The number of carboxylic acid groups (broad SMARTS) is 1. The second kappa shape index (κ2) is 10.9. The van der Waals surface area contributed by atoms with Crippen LogP contribution in [0.2, 0.25) is 0 Å². The monoisotopic (exact) mass is 486 g/mol. The highest BCUT2D eigenvalue weighted by atomic mass is 32.1. The Kier molecular flexibility index (Phi) is 8.46. The number of anilines is 1. The smallest absolute Gasteiger partial charge is 0.348 e. The first-order chi connectivity index (χ1) is 16.0. The van der Waals surface area contributed by atoms with Crippen LogP contribution in [0.1, 0.15) is 94.1 Å². The van der Waals surface area contributed by atoms with Crippen LogP contribution < -0.4 is 4.90 Å². The van der Waals surface area contributed by atoms with Crippen molar-refractivity contribution in [3.63, 3.8) is 0 Å². The molecule has 2 aliphatic rings. The third kappa shape index (κ3) is 6.63. The molecule has 1 saturated carbocycles. The number of carbonyl (C=O) groups is 3. The molecule has 1 aliphatic heterocycles. The van der Waals surface area contributed by atoms with E-state index in [9.17, 15) is 19.5 Å². The Labute approximate surface area is 207 Å². The van der Waals surface area contributed by atoms with Crippen LogP contribution in [-0.4, -0.2) is 46.9 Å². The number of likely N-dealkylation sites (tertiary alicyclic amines) is 1. The predicted molar refractivity (Wildman–Crippen MR) is 136 cm³/mol. The molecule has 2 fully saturated rings. The molecule has 34 heavy (non-hydrogen) atoms. The molecule has 6 nitrogen and oxygen atoms in total. The zero-order chi connectivity index (χ0) is 25.0. The number of aromatic carboxylic acids is 1. The van der Waals surface area contributed by atoms with Crippen molar-refractivity contribution in [1.82, 2.24) is 4.90 Å². The molecular formula is C27H38N2O4S. The SMILES string of the molecule is C[C@@H](CC(=O)N1CCCC1)N(c1cc(C#CC(C)(C)C)sc1C(=O)O)C(=O)[C@H]1CC[C@H](C)CC1. The maximum absolute atomic E-state index is 13.8. The Morgan fingerprint density at radius 1 is 1.18 bits per heavy atom. The van der Waals surface area contributed by atoms with Gasteiger partial charge in [0.25, 0.3) is 0 Å². The number of thiophene rings is 1. The van der Waals surface area contributed by atoms with Gasteiger partial charge in [-0.3, -0.25) is 9.59 Å². The number of hydrogen-bond acceptors (Lipinski definition) is 4. The van der Waals surface area contributed by atoms with Crippen LogP contribution in [0.15, 0.2) is 6.07 Å². The van der Waals surface area contributed by atoms with Gasteiger partial charge in [0.1, 0.15) is 4.88 Å². The van der Waals surface area contributed by atoms with Crippen LogP contribution >= 0.6 is 11.3 Å². The highest BCUT2D eigenvalue weighted by Gasteiger charge is 2.35. The van der Waals surface area contributed by atoms with E-state index in [1.54, 1.807) is 11.0 Å². The lowest BCUT2D eigenvalue weighted by atomic mass is 9.82. The summed E-state index contributed by atoms with van der Waals surface area (Å²) in [5.41, 5.74) is 0.151. The van der Waals surface area contributed by atoms with Gasteiger partial charge in [0.2, 0.25) is 11.8 Å². The molecule has 1 aromatic rings. The van der Waals surface area contributed by atoms with Gasteiger partial charge in [-0.15, -0.1) is 11.3 Å². The fourth-order valence-corrected chi connectivity index (χ4v) is 5.58. The van der Waals surface area contributed by atoms with Crippen molar-refractivity contribution in [2.24, 2.45) is 17.3 Å². The highest BCUT2D eigenvalue weighted by Crippen LogP contribution is 2.37. The van der Waals surface area contributed by atoms with Crippen molar-refractivity contribution in [2.75, 3.05) is 18.0 Å². The molecule has 1 saturated heterocycles. The first-order valence-electron chi connectivity index (χ1n) is 12.5. The van der Waals surface area contributed by atoms with E-state index in [1.807, 2.05) is 32.6 Å². The molecule has 3 rings (SSSR count). The van der Waals surface area contributed by atoms with E-state index in [1.165, 1.54) is 0 Å². The first kappa shape index (κ1) is 26.3. The molecule has 0 bridgehead atoms. The fourth-order valence-electron chi connectivity index (χ4n) is 4.74. The minimum atomic E-state index is -1.07. The van der Waals surface area contributed by atoms with Crippen LogP contribution in [0.4, 0.5) is 5.69 Å². The summed E-state index contributed by atoms with van der Waals surface area (Å²) in [5, 5.41) is 9.97. The van der Waals surface area contributed by atoms with Crippen LogP contribution in [0.25, 0.3) is 0 Å². The molecule has 1 N–H and O–H groups in total. The summed E-state index contributed by atoms with van der Waals surface area (Å²) in [6, 6.07) is 1.30. The van der Waals surface area contributed by atoms with Gasteiger partial charge < -0.3 is 14.9 Å². The summed E-state index contributed by atoms with van der Waals surface area (Å²) >= 11 is 1.10. The lowest BCUT2D eigenvalue weighted by Gasteiger charge is -2.35. The molecule has 2 heterocycles. The van der Waals surface area contributed by atoms with Crippen LogP contribution in [0.5, 0.6) is 0 Å². The number of carbonyl (C=O) groups excluding carboxylic acids is 2. The summed E-state index contributed by atoms with van der Waals surface area (Å²) in [6.45, 7) is 11.6. The van der Waals surface area contributed by atoms with Crippen LogP contribution in [0, 0.1) is 29.1 Å². The van der Waals surface area contributed by atoms with Crippen LogP contribution in [0.3, 0.4) is 0 Å². The van der Waals surface area contributed by atoms with Crippen molar-refractivity contribution in [3.8, 4) is 11.8 Å². The van der Waals surface area contributed by atoms with Gasteiger partial charge in [-0.25, -0.2) is 4.79 Å². The molecule has 2 amide bonds. The Hall–Kier alpha value is -2.33. The fraction of sp³-hybridized carbons (Fsp3) is 0.667. The zero-order valence-corrected chi connectivity index (χ0v) is 22.0. The third-order valence-corrected chi connectivity index (χ3v) is 7.73. The van der Waals surface area contributed by atoms with Gasteiger partial charge in [-0.2, -0.15) is 0 Å². The Bertz CT molecular complexity index is 967. The predicted octanol–water partition coefficient (Wildman–Crippen LogP) is 5.40. The maximum Gasteiger partial charge on any atom is 0.348 e. The van der Waals surface area contributed by atoms with Crippen LogP contribution in [-0.2, 0) is 9.59 Å². The molecule has 0 radical (unpaired) electrons. The summed E-state index contributed by atoms with van der Waals surface area (Å²) in [6.07, 6.45) is 5.77. The lowest BCUT2D eigenvalue weighted by Crippen LogP contribution is -2.46.